The van der Waals surface area contributed by atoms with Gasteiger partial charge in [-0.25, -0.2) is 9.78 Å². The van der Waals surface area contributed by atoms with Gasteiger partial charge in [-0.15, -0.1) is 0 Å². The van der Waals surface area contributed by atoms with E-state index in [-0.39, 0.29) is 29.5 Å². The van der Waals surface area contributed by atoms with Crippen molar-refractivity contribution in [3.8, 4) is 0 Å². The van der Waals surface area contributed by atoms with E-state index in [2.05, 4.69) is 10.3 Å². The Morgan fingerprint density at radius 2 is 2.09 bits per heavy atom. The number of anilines is 1. The maximum absolute atomic E-state index is 11.5. The molecule has 1 heterocycles. The largest absolute Gasteiger partial charge is 0.444 e. The third kappa shape index (κ3) is 6.05. The van der Waals surface area contributed by atoms with Crippen LogP contribution in [0.2, 0.25) is 5.15 Å². The number of aromatic nitrogens is 1. The van der Waals surface area contributed by atoms with Crippen molar-refractivity contribution in [2.75, 3.05) is 12.3 Å². The number of alkyl carbamates (subject to hydrolysis) is 1. The first-order valence-corrected chi connectivity index (χ1v) is 7.23. The number of nitrogens with two attached hydrogens (primary N) is 1. The Bertz CT molecular complexity index is 519. The summed E-state index contributed by atoms with van der Waals surface area (Å²) < 4.78 is 5.06. The lowest BCUT2D eigenvalue weighted by atomic mass is 10.1. The van der Waals surface area contributed by atoms with E-state index in [0.717, 1.165) is 0 Å². The van der Waals surface area contributed by atoms with Gasteiger partial charge in [0.2, 0.25) is 0 Å². The molecule has 7 nitrogen and oxygen atoms in total. The van der Waals surface area contributed by atoms with Gasteiger partial charge in [-0.05, 0) is 39.3 Å². The summed E-state index contributed by atoms with van der Waals surface area (Å²) in [6.07, 6.45) is -2.93. The highest BCUT2D eigenvalue weighted by Crippen LogP contribution is 2.24. The quantitative estimate of drug-likeness (QED) is 0.609. The molecule has 0 aliphatic rings. The first kappa shape index (κ1) is 18.5. The van der Waals surface area contributed by atoms with E-state index in [9.17, 15) is 15.0 Å². The van der Waals surface area contributed by atoms with Crippen LogP contribution in [0.25, 0.3) is 0 Å². The van der Waals surface area contributed by atoms with Gasteiger partial charge in [-0.3, -0.25) is 0 Å². The number of carbonyl (C=O) groups is 1. The van der Waals surface area contributed by atoms with Crippen LogP contribution in [0.1, 0.15) is 39.0 Å². The van der Waals surface area contributed by atoms with Crippen LogP contribution in [0.4, 0.5) is 10.5 Å². The van der Waals surface area contributed by atoms with Crippen molar-refractivity contribution in [2.45, 2.75) is 45.0 Å². The van der Waals surface area contributed by atoms with E-state index in [0.29, 0.717) is 0 Å². The van der Waals surface area contributed by atoms with Crippen molar-refractivity contribution in [1.29, 1.82) is 0 Å². The van der Waals surface area contributed by atoms with Crippen molar-refractivity contribution in [1.82, 2.24) is 10.3 Å². The normalized spacial score (nSPS) is 14.3. The number of nitrogens with one attached hydrogen (secondary N) is 1. The second kappa shape index (κ2) is 7.62. The number of hydrogen-bond donors (Lipinski definition) is 4. The Balaban J connectivity index is 2.50. The Kier molecular flexibility index (Phi) is 6.40. The zero-order valence-electron chi connectivity index (χ0n) is 12.8. The highest BCUT2D eigenvalue weighted by atomic mass is 35.5. The number of aliphatic hydroxyl groups is 2. The second-order valence-electron chi connectivity index (χ2n) is 5.84. The maximum Gasteiger partial charge on any atom is 0.407 e. The van der Waals surface area contributed by atoms with Gasteiger partial charge in [0.25, 0.3) is 0 Å². The average molecular weight is 332 g/mol. The van der Waals surface area contributed by atoms with Gasteiger partial charge in [0.1, 0.15) is 16.9 Å². The third-order valence-electron chi connectivity index (χ3n) is 2.68. The van der Waals surface area contributed by atoms with Crippen molar-refractivity contribution < 1.29 is 19.7 Å². The standard InChI is InChI=1S/C14H22ClN3O4/c1-14(2,3)22-13(21)17-7-6-9(19)12(20)11-8(16)4-5-10(15)18-11/h4-5,9,12,19-20H,6-7,16H2,1-3H3,(H,17,21). The molecule has 0 spiro atoms. The number of halogens is 1. The van der Waals surface area contributed by atoms with Crippen LogP contribution >= 0.6 is 11.6 Å². The van der Waals surface area contributed by atoms with Gasteiger partial charge in [-0.2, -0.15) is 0 Å². The Morgan fingerprint density at radius 3 is 2.68 bits per heavy atom. The molecule has 0 aromatic carbocycles. The summed E-state index contributed by atoms with van der Waals surface area (Å²) in [4.78, 5) is 15.4. The molecule has 124 valence electrons. The minimum absolute atomic E-state index is 0.105. The number of hydrogen-bond acceptors (Lipinski definition) is 6. The molecule has 2 unspecified atom stereocenters. The van der Waals surface area contributed by atoms with Crippen LogP contribution in [0.15, 0.2) is 12.1 Å². The summed E-state index contributed by atoms with van der Waals surface area (Å²) in [6.45, 7) is 5.38. The lowest BCUT2D eigenvalue weighted by Crippen LogP contribution is -2.34. The van der Waals surface area contributed by atoms with E-state index in [1.807, 2.05) is 0 Å². The van der Waals surface area contributed by atoms with Gasteiger partial charge >= 0.3 is 6.09 Å². The molecule has 5 N–H and O–H groups in total. The number of rotatable bonds is 5. The number of ether oxygens (including phenoxy) is 1. The molecule has 22 heavy (non-hydrogen) atoms. The number of nitrogens with zero attached hydrogens (tertiary/aromatic N) is 1. The number of aliphatic hydroxyl groups excluding tert-OH is 2. The summed E-state index contributed by atoms with van der Waals surface area (Å²) in [5, 5.41) is 22.7. The molecule has 8 heteroatoms. The van der Waals surface area contributed by atoms with Crippen molar-refractivity contribution in [3.63, 3.8) is 0 Å². The fourth-order valence-corrected chi connectivity index (χ4v) is 1.83. The van der Waals surface area contributed by atoms with E-state index in [4.69, 9.17) is 22.1 Å². The smallest absolute Gasteiger partial charge is 0.407 e. The monoisotopic (exact) mass is 331 g/mol. The molecule has 0 saturated heterocycles. The van der Waals surface area contributed by atoms with Crippen LogP contribution in [0.5, 0.6) is 0 Å². The molecular weight excluding hydrogens is 310 g/mol. The summed E-state index contributed by atoms with van der Waals surface area (Å²) in [5.41, 5.74) is 5.44. The van der Waals surface area contributed by atoms with Gasteiger partial charge in [0.05, 0.1) is 17.5 Å². The second-order valence-corrected chi connectivity index (χ2v) is 6.23. The van der Waals surface area contributed by atoms with Gasteiger partial charge in [0.15, 0.2) is 0 Å². The van der Waals surface area contributed by atoms with Gasteiger partial charge < -0.3 is 26.0 Å². The minimum atomic E-state index is -1.29. The maximum atomic E-state index is 11.5. The van der Waals surface area contributed by atoms with Crippen LogP contribution in [-0.4, -0.2) is 39.5 Å². The SMILES string of the molecule is CC(C)(C)OC(=O)NCCC(O)C(O)c1nc(Cl)ccc1N. The molecule has 1 aromatic heterocycles. The van der Waals surface area contributed by atoms with E-state index in [1.165, 1.54) is 12.1 Å². The summed E-state index contributed by atoms with van der Waals surface area (Å²) in [5.74, 6) is 0. The lowest BCUT2D eigenvalue weighted by molar-refractivity contribution is 0.0104. The molecule has 0 saturated carbocycles. The Morgan fingerprint density at radius 1 is 1.45 bits per heavy atom. The van der Waals surface area contributed by atoms with Crippen LogP contribution in [-0.2, 0) is 4.74 Å². The summed E-state index contributed by atoms with van der Waals surface area (Å²) >= 11 is 5.74. The zero-order chi connectivity index (χ0) is 16.9. The predicted octanol–water partition coefficient (Wildman–Crippen LogP) is 1.63. The number of pyridine rings is 1. The van der Waals surface area contributed by atoms with Crippen LogP contribution < -0.4 is 11.1 Å². The third-order valence-corrected chi connectivity index (χ3v) is 2.89. The highest BCUT2D eigenvalue weighted by Gasteiger charge is 2.23. The molecule has 1 aromatic rings. The minimum Gasteiger partial charge on any atom is -0.444 e. The van der Waals surface area contributed by atoms with Gasteiger partial charge in [-0.1, -0.05) is 11.6 Å². The van der Waals surface area contributed by atoms with E-state index in [1.54, 1.807) is 20.8 Å². The number of amides is 1. The number of nitrogen functional groups attached to an aromatic ring is 1. The highest BCUT2D eigenvalue weighted by molar-refractivity contribution is 6.29. The molecule has 1 amide bonds. The fraction of sp³-hybridized carbons (Fsp3) is 0.571. The first-order chi connectivity index (χ1) is 10.1. The van der Waals surface area contributed by atoms with Crippen LogP contribution in [0, 0.1) is 0 Å². The Labute approximate surface area is 134 Å². The topological polar surface area (TPSA) is 118 Å². The van der Waals surface area contributed by atoms with Gasteiger partial charge in [0, 0.05) is 6.54 Å². The van der Waals surface area contributed by atoms with E-state index < -0.39 is 23.9 Å². The Hall–Kier alpha value is -1.57. The molecule has 0 aliphatic carbocycles. The molecule has 1 rings (SSSR count). The van der Waals surface area contributed by atoms with Crippen molar-refractivity contribution in [3.05, 3.63) is 23.0 Å². The average Bonchev–Trinajstić information content (AvgIpc) is 2.38. The molecule has 0 fully saturated rings. The number of carbonyl (C=O) groups excluding carboxylic acids is 1. The molecule has 2 atom stereocenters. The zero-order valence-corrected chi connectivity index (χ0v) is 13.6. The molecule has 0 aliphatic heterocycles. The predicted molar refractivity (Wildman–Crippen MR) is 83.5 cm³/mol. The van der Waals surface area contributed by atoms with Crippen LogP contribution in [0.3, 0.4) is 0 Å². The summed E-state index contributed by atoms with van der Waals surface area (Å²) in [6, 6.07) is 2.99. The van der Waals surface area contributed by atoms with E-state index >= 15 is 0 Å². The first-order valence-electron chi connectivity index (χ1n) is 6.85. The fourth-order valence-electron chi connectivity index (χ4n) is 1.67. The molecule has 0 radical (unpaired) electrons. The van der Waals surface area contributed by atoms with Crippen molar-refractivity contribution in [2.24, 2.45) is 0 Å². The van der Waals surface area contributed by atoms with Crippen molar-refractivity contribution >= 4 is 23.4 Å². The summed E-state index contributed by atoms with van der Waals surface area (Å²) in [7, 11) is 0. The lowest BCUT2D eigenvalue weighted by Gasteiger charge is -2.21. The molecular formula is C14H22ClN3O4. The molecule has 0 bridgehead atoms.